The van der Waals surface area contributed by atoms with Crippen molar-refractivity contribution in [2.24, 2.45) is 16.7 Å². The Labute approximate surface area is 187 Å². The Kier molecular flexibility index (Phi) is 5.96. The van der Waals surface area contributed by atoms with Crippen molar-refractivity contribution in [2.75, 3.05) is 21.3 Å². The summed E-state index contributed by atoms with van der Waals surface area (Å²) in [5, 5.41) is 39.8. The number of nitrogens with zero attached hydrogens (tertiary/aromatic N) is 3. The van der Waals surface area contributed by atoms with E-state index in [4.69, 9.17) is 29.1 Å². The summed E-state index contributed by atoms with van der Waals surface area (Å²) in [6.07, 6.45) is 0.109. The summed E-state index contributed by atoms with van der Waals surface area (Å²) in [5.74, 6) is -1.47. The van der Waals surface area contributed by atoms with Crippen LogP contribution < -0.4 is 14.2 Å². The lowest BCUT2D eigenvalue weighted by Crippen LogP contribution is -2.59. The molecule has 3 rings (SSSR count). The summed E-state index contributed by atoms with van der Waals surface area (Å²) in [6.45, 7) is 3.77. The van der Waals surface area contributed by atoms with Crippen LogP contribution in [-0.2, 0) is 9.47 Å². The van der Waals surface area contributed by atoms with Gasteiger partial charge in [0, 0.05) is 18.6 Å². The van der Waals surface area contributed by atoms with E-state index in [1.807, 2.05) is 26.0 Å². The quantitative estimate of drug-likeness (QED) is 0.676. The largest absolute Gasteiger partial charge is 0.496 e. The van der Waals surface area contributed by atoms with Gasteiger partial charge in [0.15, 0.2) is 5.41 Å². The van der Waals surface area contributed by atoms with Crippen molar-refractivity contribution in [1.82, 2.24) is 0 Å². The van der Waals surface area contributed by atoms with Gasteiger partial charge in [-0.15, -0.1) is 0 Å². The van der Waals surface area contributed by atoms with E-state index >= 15 is 0 Å². The van der Waals surface area contributed by atoms with Crippen LogP contribution in [0.3, 0.4) is 0 Å². The molecular formula is C23H26N4O5. The first-order valence-electron chi connectivity index (χ1n) is 10.3. The SMILES string of the molecule is CCCC12OC(=N)C(C#N)(C1CC)C(C#N)(C#N)C(c1c(OC)cc(OC)cc1OC)O2. The summed E-state index contributed by atoms with van der Waals surface area (Å²) >= 11 is 0. The Balaban J connectivity index is 2.43. The molecule has 0 aromatic heterocycles. The van der Waals surface area contributed by atoms with Crippen molar-refractivity contribution in [2.45, 2.75) is 45.0 Å². The number of benzene rings is 1. The molecule has 2 bridgehead atoms. The smallest absolute Gasteiger partial charge is 0.217 e. The lowest BCUT2D eigenvalue weighted by atomic mass is 9.52. The first-order chi connectivity index (χ1) is 15.3. The molecule has 0 radical (unpaired) electrons. The number of hydrogen-bond donors (Lipinski definition) is 1. The zero-order chi connectivity index (χ0) is 23.7. The van der Waals surface area contributed by atoms with Gasteiger partial charge < -0.3 is 23.7 Å². The highest BCUT2D eigenvalue weighted by Gasteiger charge is 2.80. The molecule has 9 heteroatoms. The van der Waals surface area contributed by atoms with Crippen LogP contribution >= 0.6 is 0 Å². The van der Waals surface area contributed by atoms with Gasteiger partial charge in [0.2, 0.25) is 17.1 Å². The van der Waals surface area contributed by atoms with Crippen LogP contribution in [0.4, 0.5) is 0 Å². The van der Waals surface area contributed by atoms with Gasteiger partial charge in [-0.2, -0.15) is 15.8 Å². The molecule has 1 aromatic rings. The summed E-state index contributed by atoms with van der Waals surface area (Å²) in [7, 11) is 4.36. The second-order valence-corrected chi connectivity index (χ2v) is 7.85. The molecule has 0 amide bonds. The lowest BCUT2D eigenvalue weighted by Gasteiger charge is -2.50. The predicted molar refractivity (Wildman–Crippen MR) is 112 cm³/mol. The third-order valence-corrected chi connectivity index (χ3v) is 6.57. The van der Waals surface area contributed by atoms with E-state index in [1.165, 1.54) is 21.3 Å². The van der Waals surface area contributed by atoms with Crippen LogP contribution in [-0.4, -0.2) is 33.0 Å². The molecule has 4 atom stereocenters. The zero-order valence-corrected chi connectivity index (χ0v) is 18.8. The summed E-state index contributed by atoms with van der Waals surface area (Å²) < 4.78 is 28.9. The van der Waals surface area contributed by atoms with Gasteiger partial charge in [-0.25, -0.2) is 0 Å². The Hall–Kier alpha value is -3.48. The molecule has 168 valence electrons. The molecule has 0 aliphatic carbocycles. The fourth-order valence-electron chi connectivity index (χ4n) is 5.22. The Morgan fingerprint density at radius 2 is 1.59 bits per heavy atom. The minimum Gasteiger partial charge on any atom is -0.496 e. The summed E-state index contributed by atoms with van der Waals surface area (Å²) in [5.41, 5.74) is -3.64. The fourth-order valence-corrected chi connectivity index (χ4v) is 5.22. The second-order valence-electron chi connectivity index (χ2n) is 7.85. The van der Waals surface area contributed by atoms with E-state index in [9.17, 15) is 15.8 Å². The molecule has 2 aliphatic rings. The first-order valence-corrected chi connectivity index (χ1v) is 10.3. The Morgan fingerprint density at radius 1 is 1.00 bits per heavy atom. The molecule has 2 fully saturated rings. The van der Waals surface area contributed by atoms with Gasteiger partial charge in [0.25, 0.3) is 0 Å². The molecule has 0 spiro atoms. The minimum absolute atomic E-state index is 0.265. The van der Waals surface area contributed by atoms with Crippen LogP contribution in [0.1, 0.15) is 44.8 Å². The van der Waals surface area contributed by atoms with Crippen molar-refractivity contribution < 1.29 is 23.7 Å². The van der Waals surface area contributed by atoms with E-state index < -0.39 is 34.5 Å². The molecule has 32 heavy (non-hydrogen) atoms. The fraction of sp³-hybridized carbons (Fsp3) is 0.565. The van der Waals surface area contributed by atoms with Crippen molar-refractivity contribution in [3.8, 4) is 35.5 Å². The van der Waals surface area contributed by atoms with Gasteiger partial charge in [-0.05, 0) is 12.8 Å². The minimum atomic E-state index is -2.09. The van der Waals surface area contributed by atoms with E-state index in [0.717, 1.165) is 0 Å². The molecule has 2 aliphatic heterocycles. The predicted octanol–water partition coefficient (Wildman–Crippen LogP) is 3.86. The normalized spacial score (nSPS) is 29.8. The highest BCUT2D eigenvalue weighted by atomic mass is 16.7. The third kappa shape index (κ3) is 2.66. The number of nitrogens with one attached hydrogen (secondary N) is 1. The summed E-state index contributed by atoms with van der Waals surface area (Å²) in [4.78, 5) is 0. The van der Waals surface area contributed by atoms with Crippen molar-refractivity contribution in [3.05, 3.63) is 17.7 Å². The van der Waals surface area contributed by atoms with Gasteiger partial charge in [-0.3, -0.25) is 5.41 Å². The monoisotopic (exact) mass is 438 g/mol. The highest BCUT2D eigenvalue weighted by Crippen LogP contribution is 2.69. The van der Waals surface area contributed by atoms with Crippen molar-refractivity contribution in [1.29, 1.82) is 21.2 Å². The maximum Gasteiger partial charge on any atom is 0.217 e. The van der Waals surface area contributed by atoms with Crippen molar-refractivity contribution >= 4 is 5.90 Å². The van der Waals surface area contributed by atoms with E-state index in [1.54, 1.807) is 12.1 Å². The average molecular weight is 438 g/mol. The first kappa shape index (κ1) is 23.2. The Bertz CT molecular complexity index is 1010. The second kappa shape index (κ2) is 8.22. The van der Waals surface area contributed by atoms with E-state index in [-0.39, 0.29) is 17.1 Å². The zero-order valence-electron chi connectivity index (χ0n) is 18.8. The number of hydrogen-bond acceptors (Lipinski definition) is 9. The van der Waals surface area contributed by atoms with E-state index in [0.29, 0.717) is 25.0 Å². The third-order valence-electron chi connectivity index (χ3n) is 6.57. The topological polar surface area (TPSA) is 141 Å². The Morgan fingerprint density at radius 3 is 2.00 bits per heavy atom. The maximum absolute atomic E-state index is 10.4. The van der Waals surface area contributed by atoms with Gasteiger partial charge in [0.1, 0.15) is 23.4 Å². The number of methoxy groups -OCH3 is 3. The van der Waals surface area contributed by atoms with Crippen LogP contribution in [0, 0.1) is 56.2 Å². The van der Waals surface area contributed by atoms with Gasteiger partial charge >= 0.3 is 0 Å². The van der Waals surface area contributed by atoms with Crippen LogP contribution in [0.2, 0.25) is 0 Å². The molecule has 2 heterocycles. The number of fused-ring (bicyclic) bond motifs is 2. The molecule has 9 nitrogen and oxygen atoms in total. The number of nitriles is 3. The summed E-state index contributed by atoms with van der Waals surface area (Å²) in [6, 6.07) is 9.43. The highest BCUT2D eigenvalue weighted by molar-refractivity contribution is 5.89. The molecule has 2 saturated heterocycles. The molecular weight excluding hydrogens is 412 g/mol. The average Bonchev–Trinajstić information content (AvgIpc) is 3.01. The molecule has 1 aromatic carbocycles. The number of ether oxygens (including phenoxy) is 5. The van der Waals surface area contributed by atoms with Crippen molar-refractivity contribution in [3.63, 3.8) is 0 Å². The van der Waals surface area contributed by atoms with Crippen LogP contribution in [0.25, 0.3) is 0 Å². The van der Waals surface area contributed by atoms with E-state index in [2.05, 4.69) is 6.07 Å². The standard InChI is InChI=1S/C23H26N4O5/c1-6-8-23-17(7-2)22(13-26,20(27)32-23)21(11-24,12-25)19(31-23)18-15(29-4)9-14(28-3)10-16(18)30-5/h9-10,17,19,27H,6-8H2,1-5H3. The van der Waals surface area contributed by atoms with Crippen LogP contribution in [0.5, 0.6) is 17.2 Å². The molecule has 1 N–H and O–H groups in total. The lowest BCUT2D eigenvalue weighted by molar-refractivity contribution is -0.286. The van der Waals surface area contributed by atoms with Gasteiger partial charge in [0.05, 0.1) is 51.0 Å². The van der Waals surface area contributed by atoms with Gasteiger partial charge in [-0.1, -0.05) is 13.8 Å². The molecule has 0 saturated carbocycles. The molecule has 4 unspecified atom stereocenters. The van der Waals surface area contributed by atoms with Crippen LogP contribution in [0.15, 0.2) is 12.1 Å². The number of rotatable bonds is 7. The maximum atomic E-state index is 10.4.